The lowest BCUT2D eigenvalue weighted by Gasteiger charge is -2.15. The zero-order valence-corrected chi connectivity index (χ0v) is 12.4. The molecule has 1 aromatic heterocycles. The molecule has 0 saturated heterocycles. The summed E-state index contributed by atoms with van der Waals surface area (Å²) in [7, 11) is 0. The van der Waals surface area contributed by atoms with Crippen LogP contribution in [0.1, 0.15) is 35.7 Å². The molecule has 1 N–H and O–H groups in total. The summed E-state index contributed by atoms with van der Waals surface area (Å²) in [5.41, 5.74) is 2.49. The highest BCUT2D eigenvalue weighted by atomic mass is 16.5. The highest BCUT2D eigenvalue weighted by Gasteiger charge is 2.13. The summed E-state index contributed by atoms with van der Waals surface area (Å²) in [6.07, 6.45) is 3.20. The van der Waals surface area contributed by atoms with Crippen LogP contribution in [-0.2, 0) is 4.74 Å². The molecule has 0 spiro atoms. The molecule has 1 heterocycles. The minimum Gasteiger partial charge on any atom is -0.462 e. The van der Waals surface area contributed by atoms with Crippen LogP contribution in [0, 0.1) is 0 Å². The average molecular weight is 284 g/mol. The van der Waals surface area contributed by atoms with E-state index in [1.54, 1.807) is 19.2 Å². The largest absolute Gasteiger partial charge is 0.462 e. The number of ether oxygens (including phenoxy) is 1. The van der Waals surface area contributed by atoms with Gasteiger partial charge in [0, 0.05) is 18.9 Å². The predicted octanol–water partition coefficient (Wildman–Crippen LogP) is 3.47. The Hall–Kier alpha value is -2.36. The van der Waals surface area contributed by atoms with Crippen LogP contribution < -0.4 is 5.32 Å². The van der Waals surface area contributed by atoms with Crippen LogP contribution >= 0.6 is 0 Å². The van der Waals surface area contributed by atoms with Gasteiger partial charge >= 0.3 is 5.97 Å². The van der Waals surface area contributed by atoms with Gasteiger partial charge < -0.3 is 10.1 Å². The van der Waals surface area contributed by atoms with Crippen LogP contribution in [0.25, 0.3) is 0 Å². The number of nitrogens with one attached hydrogen (secondary N) is 1. The molecule has 4 nitrogen and oxygen atoms in total. The molecule has 0 unspecified atom stereocenters. The molecule has 0 amide bonds. The Balaban J connectivity index is 2.05. The number of hydrogen-bond donors (Lipinski definition) is 1. The highest BCUT2D eigenvalue weighted by molar-refractivity contribution is 5.95. The zero-order chi connectivity index (χ0) is 15.1. The van der Waals surface area contributed by atoms with Crippen molar-refractivity contribution in [3.8, 4) is 0 Å². The van der Waals surface area contributed by atoms with Crippen molar-refractivity contribution in [1.82, 2.24) is 4.98 Å². The van der Waals surface area contributed by atoms with Crippen molar-refractivity contribution in [3.05, 3.63) is 59.9 Å². The summed E-state index contributed by atoms with van der Waals surface area (Å²) in [6, 6.07) is 12.1. The number of pyridine rings is 1. The van der Waals surface area contributed by atoms with E-state index in [0.29, 0.717) is 18.1 Å². The molecule has 1 aromatic carbocycles. The van der Waals surface area contributed by atoms with Crippen molar-refractivity contribution in [2.75, 3.05) is 18.5 Å². The summed E-state index contributed by atoms with van der Waals surface area (Å²) >= 11 is 0. The fourth-order valence-electron chi connectivity index (χ4n) is 2.08. The van der Waals surface area contributed by atoms with E-state index in [4.69, 9.17) is 4.74 Å². The molecular weight excluding hydrogens is 264 g/mol. The molecule has 0 saturated carbocycles. The average Bonchev–Trinajstić information content (AvgIpc) is 2.54. The maximum atomic E-state index is 11.9. The van der Waals surface area contributed by atoms with Gasteiger partial charge in [0.2, 0.25) is 0 Å². The molecule has 0 aliphatic rings. The first-order valence-electron chi connectivity index (χ1n) is 7.12. The lowest BCUT2D eigenvalue weighted by Crippen LogP contribution is -2.14. The lowest BCUT2D eigenvalue weighted by molar-refractivity contribution is 0.0527. The van der Waals surface area contributed by atoms with E-state index >= 15 is 0 Å². The first-order valence-corrected chi connectivity index (χ1v) is 7.12. The van der Waals surface area contributed by atoms with Crippen molar-refractivity contribution < 1.29 is 9.53 Å². The van der Waals surface area contributed by atoms with Gasteiger partial charge in [0.1, 0.15) is 5.56 Å². The number of benzene rings is 1. The highest BCUT2D eigenvalue weighted by Crippen LogP contribution is 2.19. The predicted molar refractivity (Wildman–Crippen MR) is 83.5 cm³/mol. The number of nitrogens with zero attached hydrogens (tertiary/aromatic N) is 1. The van der Waals surface area contributed by atoms with Gasteiger partial charge in [-0.25, -0.2) is 4.79 Å². The first-order chi connectivity index (χ1) is 10.2. The third-order valence-electron chi connectivity index (χ3n) is 3.28. The number of rotatable bonds is 6. The van der Waals surface area contributed by atoms with Gasteiger partial charge in [-0.15, -0.1) is 0 Å². The number of carbonyl (C=O) groups excluding carboxylic acids is 1. The summed E-state index contributed by atoms with van der Waals surface area (Å²) < 4.78 is 5.04. The quantitative estimate of drug-likeness (QED) is 0.825. The molecule has 110 valence electrons. The number of anilines is 1. The lowest BCUT2D eigenvalue weighted by atomic mass is 10.0. The normalized spacial score (nSPS) is 11.7. The minimum absolute atomic E-state index is 0.342. The number of esters is 1. The summed E-state index contributed by atoms with van der Waals surface area (Å²) in [6.45, 7) is 5.03. The van der Waals surface area contributed by atoms with Gasteiger partial charge in [0.25, 0.3) is 0 Å². The van der Waals surface area contributed by atoms with Gasteiger partial charge in [0.05, 0.1) is 12.3 Å². The van der Waals surface area contributed by atoms with Crippen molar-refractivity contribution in [1.29, 1.82) is 0 Å². The van der Waals surface area contributed by atoms with E-state index < -0.39 is 0 Å². The van der Waals surface area contributed by atoms with Crippen molar-refractivity contribution in [3.63, 3.8) is 0 Å². The summed E-state index contributed by atoms with van der Waals surface area (Å²) in [4.78, 5) is 15.9. The fourth-order valence-corrected chi connectivity index (χ4v) is 2.08. The third-order valence-corrected chi connectivity index (χ3v) is 3.28. The number of carbonyl (C=O) groups is 1. The Morgan fingerprint density at radius 2 is 2.05 bits per heavy atom. The fraction of sp³-hybridized carbons (Fsp3) is 0.294. The van der Waals surface area contributed by atoms with Crippen LogP contribution in [0.4, 0.5) is 5.69 Å². The molecule has 2 rings (SSSR count). The molecule has 4 heteroatoms. The Bertz CT molecular complexity index is 584. The first kappa shape index (κ1) is 15.0. The molecule has 1 atom stereocenters. The number of hydrogen-bond acceptors (Lipinski definition) is 4. The van der Waals surface area contributed by atoms with Crippen LogP contribution in [0.3, 0.4) is 0 Å². The molecule has 2 aromatic rings. The van der Waals surface area contributed by atoms with Crippen molar-refractivity contribution in [2.45, 2.75) is 19.8 Å². The van der Waals surface area contributed by atoms with Crippen molar-refractivity contribution in [2.24, 2.45) is 0 Å². The van der Waals surface area contributed by atoms with E-state index in [2.05, 4.69) is 29.4 Å². The maximum Gasteiger partial charge on any atom is 0.341 e. The molecule has 0 bridgehead atoms. The van der Waals surface area contributed by atoms with Gasteiger partial charge in [-0.05, 0) is 24.5 Å². The van der Waals surface area contributed by atoms with Gasteiger partial charge in [0.15, 0.2) is 0 Å². The van der Waals surface area contributed by atoms with Crippen molar-refractivity contribution >= 4 is 11.7 Å². The Labute approximate surface area is 125 Å². The SMILES string of the molecule is CCOC(=O)c1cnccc1NC[C@H](C)c1ccccc1. The van der Waals surface area contributed by atoms with Gasteiger partial charge in [-0.3, -0.25) is 4.98 Å². The summed E-state index contributed by atoms with van der Waals surface area (Å²) in [5, 5.41) is 3.31. The standard InChI is InChI=1S/C17H20N2O2/c1-3-21-17(20)15-12-18-10-9-16(15)19-11-13(2)14-7-5-4-6-8-14/h4-10,12-13H,3,11H2,1-2H3,(H,18,19)/t13-/m0/s1. The molecule has 0 fully saturated rings. The second-order valence-electron chi connectivity index (χ2n) is 4.83. The van der Waals surface area contributed by atoms with Gasteiger partial charge in [-0.2, -0.15) is 0 Å². The monoisotopic (exact) mass is 284 g/mol. The smallest absolute Gasteiger partial charge is 0.341 e. The molecule has 0 radical (unpaired) electrons. The van der Waals surface area contributed by atoms with Crippen LogP contribution in [-0.4, -0.2) is 24.1 Å². The molecule has 0 aliphatic carbocycles. The van der Waals surface area contributed by atoms with E-state index in [9.17, 15) is 4.79 Å². The van der Waals surface area contributed by atoms with E-state index in [1.807, 2.05) is 18.2 Å². The Morgan fingerprint density at radius 1 is 1.29 bits per heavy atom. The summed E-state index contributed by atoms with van der Waals surface area (Å²) in [5.74, 6) is -0.00475. The second kappa shape index (κ2) is 7.43. The van der Waals surface area contributed by atoms with Crippen LogP contribution in [0.2, 0.25) is 0 Å². The zero-order valence-electron chi connectivity index (χ0n) is 12.4. The molecular formula is C17H20N2O2. The van der Waals surface area contributed by atoms with E-state index in [0.717, 1.165) is 12.2 Å². The molecule has 0 aliphatic heterocycles. The topological polar surface area (TPSA) is 51.2 Å². The Kier molecular flexibility index (Phi) is 5.32. The maximum absolute atomic E-state index is 11.9. The van der Waals surface area contributed by atoms with Gasteiger partial charge in [-0.1, -0.05) is 37.3 Å². The Morgan fingerprint density at radius 3 is 2.76 bits per heavy atom. The molecule has 21 heavy (non-hydrogen) atoms. The van der Waals surface area contributed by atoms with Crippen LogP contribution in [0.15, 0.2) is 48.8 Å². The minimum atomic E-state index is -0.347. The third kappa shape index (κ3) is 4.05. The van der Waals surface area contributed by atoms with E-state index in [1.165, 1.54) is 11.8 Å². The second-order valence-corrected chi connectivity index (χ2v) is 4.83. The number of aromatic nitrogens is 1. The van der Waals surface area contributed by atoms with Crippen LogP contribution in [0.5, 0.6) is 0 Å². The van der Waals surface area contributed by atoms with E-state index in [-0.39, 0.29) is 5.97 Å².